The van der Waals surface area contributed by atoms with Gasteiger partial charge >= 0.3 is 0 Å². The minimum absolute atomic E-state index is 0.183. The summed E-state index contributed by atoms with van der Waals surface area (Å²) in [4.78, 5) is 36.4. The Morgan fingerprint density at radius 1 is 1.18 bits per heavy atom. The van der Waals surface area contributed by atoms with E-state index in [0.717, 1.165) is 0 Å². The third kappa shape index (κ3) is 3.32. The summed E-state index contributed by atoms with van der Waals surface area (Å²) in [6, 6.07) is 5.77. The Morgan fingerprint density at radius 2 is 1.73 bits per heavy atom. The SMILES string of the molecule is CC(C)(C(=O)NCCN1C(=O)CCC1=O)c1ccc(F)cc1. The summed E-state index contributed by atoms with van der Waals surface area (Å²) in [6.07, 6.45) is 0.488. The highest BCUT2D eigenvalue weighted by Gasteiger charge is 2.31. The minimum Gasteiger partial charge on any atom is -0.354 e. The van der Waals surface area contributed by atoms with Crippen LogP contribution in [0.3, 0.4) is 0 Å². The normalized spacial score (nSPS) is 15.3. The van der Waals surface area contributed by atoms with E-state index in [0.29, 0.717) is 5.56 Å². The molecular weight excluding hydrogens is 287 g/mol. The Balaban J connectivity index is 1.92. The van der Waals surface area contributed by atoms with Crippen molar-refractivity contribution in [3.8, 4) is 0 Å². The Bertz CT molecular complexity index is 580. The van der Waals surface area contributed by atoms with Crippen LogP contribution in [0.1, 0.15) is 32.3 Å². The van der Waals surface area contributed by atoms with Crippen molar-refractivity contribution in [2.24, 2.45) is 0 Å². The van der Waals surface area contributed by atoms with Crippen molar-refractivity contribution < 1.29 is 18.8 Å². The first-order valence-corrected chi connectivity index (χ1v) is 7.20. The van der Waals surface area contributed by atoms with Gasteiger partial charge in [0, 0.05) is 25.9 Å². The largest absolute Gasteiger partial charge is 0.354 e. The van der Waals surface area contributed by atoms with Gasteiger partial charge in [-0.25, -0.2) is 4.39 Å². The number of likely N-dealkylation sites (tertiary alicyclic amines) is 1. The maximum atomic E-state index is 13.0. The van der Waals surface area contributed by atoms with E-state index in [1.807, 2.05) is 0 Å². The van der Waals surface area contributed by atoms with Gasteiger partial charge in [0.1, 0.15) is 5.82 Å². The molecule has 3 amide bonds. The molecule has 1 aromatic rings. The van der Waals surface area contributed by atoms with Crippen LogP contribution in [0.5, 0.6) is 0 Å². The molecule has 22 heavy (non-hydrogen) atoms. The molecule has 118 valence electrons. The van der Waals surface area contributed by atoms with Crippen LogP contribution in [-0.4, -0.2) is 35.7 Å². The highest BCUT2D eigenvalue weighted by atomic mass is 19.1. The molecular formula is C16H19FN2O3. The van der Waals surface area contributed by atoms with E-state index in [1.54, 1.807) is 26.0 Å². The maximum absolute atomic E-state index is 13.0. The highest BCUT2D eigenvalue weighted by Crippen LogP contribution is 2.23. The van der Waals surface area contributed by atoms with Crippen LogP contribution in [-0.2, 0) is 19.8 Å². The van der Waals surface area contributed by atoms with Gasteiger partial charge in [0.15, 0.2) is 0 Å². The highest BCUT2D eigenvalue weighted by molar-refractivity contribution is 6.02. The predicted octanol–water partition coefficient (Wildman–Crippen LogP) is 1.37. The Hall–Kier alpha value is -2.24. The monoisotopic (exact) mass is 306 g/mol. The summed E-state index contributed by atoms with van der Waals surface area (Å²) in [5.74, 6) is -0.988. The smallest absolute Gasteiger partial charge is 0.230 e. The molecule has 0 bridgehead atoms. The van der Waals surface area contributed by atoms with E-state index < -0.39 is 5.41 Å². The quantitative estimate of drug-likeness (QED) is 0.836. The number of carbonyl (C=O) groups is 3. The molecule has 1 heterocycles. The standard InChI is InChI=1S/C16H19FN2O3/c1-16(2,11-3-5-12(17)6-4-11)15(22)18-9-10-19-13(20)7-8-14(19)21/h3-6H,7-10H2,1-2H3,(H,18,22). The Labute approximate surface area is 128 Å². The van der Waals surface area contributed by atoms with E-state index in [-0.39, 0.29) is 49.5 Å². The van der Waals surface area contributed by atoms with Gasteiger partial charge in [-0.15, -0.1) is 0 Å². The number of hydrogen-bond donors (Lipinski definition) is 1. The molecule has 0 saturated carbocycles. The van der Waals surface area contributed by atoms with E-state index >= 15 is 0 Å². The minimum atomic E-state index is -0.827. The second kappa shape index (κ2) is 6.25. The second-order valence-corrected chi connectivity index (χ2v) is 5.83. The average molecular weight is 306 g/mol. The lowest BCUT2D eigenvalue weighted by Crippen LogP contribution is -2.44. The summed E-state index contributed by atoms with van der Waals surface area (Å²) < 4.78 is 13.0. The number of imide groups is 1. The molecule has 5 nitrogen and oxygen atoms in total. The van der Waals surface area contributed by atoms with Gasteiger partial charge in [-0.2, -0.15) is 0 Å². The predicted molar refractivity (Wildman–Crippen MR) is 78.4 cm³/mol. The molecule has 1 aliphatic heterocycles. The lowest BCUT2D eigenvalue weighted by atomic mass is 9.84. The van der Waals surface area contributed by atoms with Crippen LogP contribution in [0, 0.1) is 5.82 Å². The maximum Gasteiger partial charge on any atom is 0.230 e. The molecule has 1 aliphatic rings. The molecule has 6 heteroatoms. The van der Waals surface area contributed by atoms with Crippen molar-refractivity contribution in [2.45, 2.75) is 32.1 Å². The summed E-state index contributed by atoms with van der Waals surface area (Å²) in [5, 5.41) is 2.73. The summed E-state index contributed by atoms with van der Waals surface area (Å²) >= 11 is 0. The van der Waals surface area contributed by atoms with Crippen LogP contribution in [0.15, 0.2) is 24.3 Å². The Morgan fingerprint density at radius 3 is 2.27 bits per heavy atom. The van der Waals surface area contributed by atoms with E-state index in [4.69, 9.17) is 0 Å². The van der Waals surface area contributed by atoms with Gasteiger partial charge in [-0.05, 0) is 31.5 Å². The van der Waals surface area contributed by atoms with Gasteiger partial charge in [0.2, 0.25) is 17.7 Å². The summed E-state index contributed by atoms with van der Waals surface area (Å²) in [7, 11) is 0. The third-order valence-electron chi connectivity index (χ3n) is 3.91. The number of halogens is 1. The van der Waals surface area contributed by atoms with Gasteiger partial charge in [-0.1, -0.05) is 12.1 Å². The Kier molecular flexibility index (Phi) is 4.59. The number of carbonyl (C=O) groups excluding carboxylic acids is 3. The number of amides is 3. The molecule has 0 aromatic heterocycles. The molecule has 0 atom stereocenters. The average Bonchev–Trinajstić information content (AvgIpc) is 2.79. The summed E-state index contributed by atoms with van der Waals surface area (Å²) in [6.45, 7) is 3.87. The summed E-state index contributed by atoms with van der Waals surface area (Å²) in [5.41, 5.74) is -0.132. The molecule has 0 aliphatic carbocycles. The first kappa shape index (κ1) is 16.1. The first-order chi connectivity index (χ1) is 10.3. The fraction of sp³-hybridized carbons (Fsp3) is 0.438. The van der Waals surface area contributed by atoms with E-state index in [1.165, 1.54) is 17.0 Å². The lowest BCUT2D eigenvalue weighted by Gasteiger charge is -2.25. The van der Waals surface area contributed by atoms with Crippen molar-refractivity contribution in [1.29, 1.82) is 0 Å². The molecule has 2 rings (SSSR count). The van der Waals surface area contributed by atoms with Crippen LogP contribution >= 0.6 is 0 Å². The molecule has 1 fully saturated rings. The number of nitrogens with one attached hydrogen (secondary N) is 1. The van der Waals surface area contributed by atoms with Crippen molar-refractivity contribution in [1.82, 2.24) is 10.2 Å². The number of benzene rings is 1. The molecule has 0 spiro atoms. The van der Waals surface area contributed by atoms with Crippen LogP contribution in [0.25, 0.3) is 0 Å². The van der Waals surface area contributed by atoms with Gasteiger partial charge in [0.25, 0.3) is 0 Å². The topological polar surface area (TPSA) is 66.5 Å². The number of rotatable bonds is 5. The van der Waals surface area contributed by atoms with Crippen molar-refractivity contribution in [3.05, 3.63) is 35.6 Å². The molecule has 1 saturated heterocycles. The number of nitrogens with zero attached hydrogens (tertiary/aromatic N) is 1. The molecule has 0 radical (unpaired) electrons. The van der Waals surface area contributed by atoms with Crippen LogP contribution in [0.2, 0.25) is 0 Å². The van der Waals surface area contributed by atoms with Crippen molar-refractivity contribution in [2.75, 3.05) is 13.1 Å². The molecule has 1 aromatic carbocycles. The zero-order valence-electron chi connectivity index (χ0n) is 12.7. The molecule has 1 N–H and O–H groups in total. The number of hydrogen-bond acceptors (Lipinski definition) is 3. The molecule has 0 unspecified atom stereocenters. The fourth-order valence-electron chi connectivity index (χ4n) is 2.37. The van der Waals surface area contributed by atoms with Gasteiger partial charge in [-0.3, -0.25) is 19.3 Å². The van der Waals surface area contributed by atoms with Crippen molar-refractivity contribution in [3.63, 3.8) is 0 Å². The third-order valence-corrected chi connectivity index (χ3v) is 3.91. The fourth-order valence-corrected chi connectivity index (χ4v) is 2.37. The zero-order valence-corrected chi connectivity index (χ0v) is 12.7. The second-order valence-electron chi connectivity index (χ2n) is 5.83. The van der Waals surface area contributed by atoms with Gasteiger partial charge in [0.05, 0.1) is 5.41 Å². The van der Waals surface area contributed by atoms with Gasteiger partial charge < -0.3 is 5.32 Å². The van der Waals surface area contributed by atoms with Crippen LogP contribution in [0.4, 0.5) is 4.39 Å². The van der Waals surface area contributed by atoms with Crippen LogP contribution < -0.4 is 5.32 Å². The first-order valence-electron chi connectivity index (χ1n) is 7.20. The lowest BCUT2D eigenvalue weighted by molar-refractivity contribution is -0.138. The van der Waals surface area contributed by atoms with Crippen molar-refractivity contribution >= 4 is 17.7 Å². The van der Waals surface area contributed by atoms with E-state index in [9.17, 15) is 18.8 Å². The van der Waals surface area contributed by atoms with E-state index in [2.05, 4.69) is 5.32 Å². The zero-order chi connectivity index (χ0) is 16.3.